The Morgan fingerprint density at radius 3 is 2.05 bits per heavy atom. The van der Waals surface area contributed by atoms with Crippen LogP contribution in [-0.2, 0) is 16.1 Å². The number of imide groups is 1. The number of benzene rings is 1. The van der Waals surface area contributed by atoms with Crippen LogP contribution in [0.1, 0.15) is 18.4 Å². The molecule has 2 bridgehead atoms. The zero-order valence-corrected chi connectivity index (χ0v) is 14.2. The van der Waals surface area contributed by atoms with Crippen molar-refractivity contribution < 1.29 is 9.59 Å². The van der Waals surface area contributed by atoms with Crippen LogP contribution in [0.15, 0.2) is 36.4 Å². The Balaban J connectivity index is 1.45. The van der Waals surface area contributed by atoms with Gasteiger partial charge < -0.3 is 0 Å². The van der Waals surface area contributed by atoms with Crippen LogP contribution >= 0.6 is 22.6 Å². The first-order valence-corrected chi connectivity index (χ1v) is 8.98. The van der Waals surface area contributed by atoms with Crippen LogP contribution in [0.25, 0.3) is 0 Å². The van der Waals surface area contributed by atoms with Gasteiger partial charge in [-0.25, -0.2) is 0 Å². The van der Waals surface area contributed by atoms with Gasteiger partial charge in [0.1, 0.15) is 0 Å². The van der Waals surface area contributed by atoms with Crippen molar-refractivity contribution in [2.45, 2.75) is 19.4 Å². The Kier molecular flexibility index (Phi) is 2.55. The third kappa shape index (κ3) is 1.52. The summed E-state index contributed by atoms with van der Waals surface area (Å²) in [5, 5.41) is 0. The van der Waals surface area contributed by atoms with Crippen LogP contribution in [0.4, 0.5) is 0 Å². The Labute approximate surface area is 142 Å². The molecule has 0 radical (unpaired) electrons. The molecule has 5 rings (SSSR count). The van der Waals surface area contributed by atoms with E-state index in [1.165, 1.54) is 17.7 Å². The fourth-order valence-corrected chi connectivity index (χ4v) is 5.43. The van der Waals surface area contributed by atoms with Crippen molar-refractivity contribution in [1.29, 1.82) is 0 Å². The highest BCUT2D eigenvalue weighted by Gasteiger charge is 2.73. The molecule has 1 saturated heterocycles. The van der Waals surface area contributed by atoms with Crippen molar-refractivity contribution in [1.82, 2.24) is 4.90 Å². The van der Waals surface area contributed by atoms with Gasteiger partial charge in [-0.15, -0.1) is 0 Å². The van der Waals surface area contributed by atoms with Crippen molar-refractivity contribution in [2.24, 2.45) is 29.1 Å². The highest BCUT2D eigenvalue weighted by atomic mass is 127. The van der Waals surface area contributed by atoms with Crippen molar-refractivity contribution in [2.75, 3.05) is 0 Å². The molecule has 0 N–H and O–H groups in total. The van der Waals surface area contributed by atoms with Gasteiger partial charge in [0, 0.05) is 3.57 Å². The van der Waals surface area contributed by atoms with Gasteiger partial charge in [0.15, 0.2) is 0 Å². The molecule has 1 aromatic carbocycles. The van der Waals surface area contributed by atoms with Crippen molar-refractivity contribution in [3.63, 3.8) is 0 Å². The Morgan fingerprint density at radius 1 is 1.00 bits per heavy atom. The molecule has 0 unspecified atom stereocenters. The molecule has 0 aromatic heterocycles. The van der Waals surface area contributed by atoms with E-state index >= 15 is 0 Å². The van der Waals surface area contributed by atoms with Crippen LogP contribution in [0.3, 0.4) is 0 Å². The minimum Gasteiger partial charge on any atom is -0.278 e. The average Bonchev–Trinajstić information content (AvgIpc) is 3.12. The fourth-order valence-electron chi connectivity index (χ4n) is 5.07. The van der Waals surface area contributed by atoms with Gasteiger partial charge in [-0.1, -0.05) is 24.3 Å². The molecular weight excluding hydrogens is 389 g/mol. The zero-order chi connectivity index (χ0) is 15.1. The van der Waals surface area contributed by atoms with Gasteiger partial charge in [-0.3, -0.25) is 14.5 Å². The SMILES string of the molecule is O=C1[C@H]2[C@H](C(=O)N1Cc1ccc(I)cc1)[C@H]1C=C[C@H]2C12CC2. The number of carbonyl (C=O) groups excluding carboxylic acids is 2. The molecular formula is C18H16INO2. The second-order valence-electron chi connectivity index (χ2n) is 7.11. The molecule has 1 aromatic rings. The summed E-state index contributed by atoms with van der Waals surface area (Å²) in [6.45, 7) is 0.425. The van der Waals surface area contributed by atoms with E-state index in [9.17, 15) is 9.59 Å². The summed E-state index contributed by atoms with van der Waals surface area (Å²) in [5.74, 6) is 0.623. The summed E-state index contributed by atoms with van der Waals surface area (Å²) in [6, 6.07) is 8.05. The first kappa shape index (κ1) is 13.3. The van der Waals surface area contributed by atoms with Gasteiger partial charge in [0.05, 0.1) is 18.4 Å². The van der Waals surface area contributed by atoms with Gasteiger partial charge in [-0.05, 0) is 70.4 Å². The Bertz CT molecular complexity index is 685. The van der Waals surface area contributed by atoms with E-state index in [2.05, 4.69) is 34.7 Å². The molecule has 1 spiro atoms. The maximum absolute atomic E-state index is 12.8. The Hall–Kier alpha value is -1.17. The number of likely N-dealkylation sites (tertiary alicyclic amines) is 1. The molecule has 4 heteroatoms. The molecule has 22 heavy (non-hydrogen) atoms. The lowest BCUT2D eigenvalue weighted by atomic mass is 9.85. The molecule has 3 nitrogen and oxygen atoms in total. The van der Waals surface area contributed by atoms with Crippen molar-refractivity contribution >= 4 is 34.4 Å². The lowest BCUT2D eigenvalue weighted by Gasteiger charge is -2.21. The van der Waals surface area contributed by atoms with Crippen LogP contribution < -0.4 is 0 Å². The molecule has 4 atom stereocenters. The van der Waals surface area contributed by atoms with E-state index in [0.717, 1.165) is 9.13 Å². The average molecular weight is 405 g/mol. The van der Waals surface area contributed by atoms with Crippen LogP contribution in [0.2, 0.25) is 0 Å². The lowest BCUT2D eigenvalue weighted by molar-refractivity contribution is -0.141. The fraction of sp³-hybridized carbons (Fsp3) is 0.444. The number of fused-ring (bicyclic) bond motifs is 3. The predicted octanol–water partition coefficient (Wildman–Crippen LogP) is 2.99. The quantitative estimate of drug-likeness (QED) is 0.431. The minimum absolute atomic E-state index is 0.0664. The molecule has 112 valence electrons. The molecule has 1 heterocycles. The number of hydrogen-bond acceptors (Lipinski definition) is 2. The van der Waals surface area contributed by atoms with Crippen LogP contribution in [0, 0.1) is 32.7 Å². The number of allylic oxidation sites excluding steroid dienone is 2. The number of amides is 2. The largest absolute Gasteiger partial charge is 0.278 e. The maximum Gasteiger partial charge on any atom is 0.234 e. The summed E-state index contributed by atoms with van der Waals surface area (Å²) in [4.78, 5) is 27.2. The second-order valence-corrected chi connectivity index (χ2v) is 8.36. The molecule has 2 saturated carbocycles. The lowest BCUT2D eigenvalue weighted by Crippen LogP contribution is -2.34. The van der Waals surface area contributed by atoms with Gasteiger partial charge >= 0.3 is 0 Å². The van der Waals surface area contributed by atoms with E-state index in [0.29, 0.717) is 18.4 Å². The number of rotatable bonds is 2. The van der Waals surface area contributed by atoms with E-state index in [4.69, 9.17) is 0 Å². The summed E-state index contributed by atoms with van der Waals surface area (Å²) in [7, 11) is 0. The summed E-state index contributed by atoms with van der Waals surface area (Å²) in [6.07, 6.45) is 6.83. The Morgan fingerprint density at radius 2 is 1.55 bits per heavy atom. The zero-order valence-electron chi connectivity index (χ0n) is 12.0. The van der Waals surface area contributed by atoms with Crippen molar-refractivity contribution in [3.8, 4) is 0 Å². The summed E-state index contributed by atoms with van der Waals surface area (Å²) >= 11 is 2.26. The summed E-state index contributed by atoms with van der Waals surface area (Å²) < 4.78 is 1.16. The number of hydrogen-bond donors (Lipinski definition) is 0. The molecule has 3 aliphatic carbocycles. The van der Waals surface area contributed by atoms with E-state index in [1.54, 1.807) is 0 Å². The van der Waals surface area contributed by atoms with E-state index in [1.807, 2.05) is 24.3 Å². The smallest absolute Gasteiger partial charge is 0.234 e. The topological polar surface area (TPSA) is 37.4 Å². The van der Waals surface area contributed by atoms with Crippen molar-refractivity contribution in [3.05, 3.63) is 45.6 Å². The molecule has 2 amide bonds. The standard InChI is InChI=1S/C18H16INO2/c19-11-3-1-10(2-4-11)9-20-16(21)14-12-5-6-13(15(14)17(20)22)18(12)7-8-18/h1-6,12-15H,7-9H2/t12-,13-,14-,15-/m1/s1. The first-order valence-electron chi connectivity index (χ1n) is 7.90. The third-order valence-electron chi connectivity index (χ3n) is 6.20. The monoisotopic (exact) mass is 405 g/mol. The normalized spacial score (nSPS) is 36.5. The third-order valence-corrected chi connectivity index (χ3v) is 6.92. The number of nitrogens with zero attached hydrogens (tertiary/aromatic N) is 1. The second kappa shape index (κ2) is 4.22. The predicted molar refractivity (Wildman–Crippen MR) is 89.5 cm³/mol. The molecule has 1 aliphatic heterocycles. The molecule has 3 fully saturated rings. The highest BCUT2D eigenvalue weighted by Crippen LogP contribution is 2.73. The number of carbonyl (C=O) groups is 2. The number of halogens is 1. The van der Waals surface area contributed by atoms with E-state index < -0.39 is 0 Å². The van der Waals surface area contributed by atoms with Gasteiger partial charge in [0.2, 0.25) is 11.8 Å². The van der Waals surface area contributed by atoms with Crippen LogP contribution in [-0.4, -0.2) is 16.7 Å². The van der Waals surface area contributed by atoms with E-state index in [-0.39, 0.29) is 29.1 Å². The van der Waals surface area contributed by atoms with Gasteiger partial charge in [0.25, 0.3) is 0 Å². The minimum atomic E-state index is -0.0751. The maximum atomic E-state index is 12.8. The first-order chi connectivity index (χ1) is 10.6. The molecule has 4 aliphatic rings. The highest BCUT2D eigenvalue weighted by molar-refractivity contribution is 14.1. The van der Waals surface area contributed by atoms with Crippen LogP contribution in [0.5, 0.6) is 0 Å². The summed E-state index contributed by atoms with van der Waals surface area (Å²) in [5.41, 5.74) is 1.32. The van der Waals surface area contributed by atoms with Gasteiger partial charge in [-0.2, -0.15) is 0 Å².